The molecular formula is C18H10Cl3F3N4O2S. The topological polar surface area (TPSA) is 93.8 Å². The lowest BCUT2D eigenvalue weighted by Gasteiger charge is -2.22. The Kier molecular flexibility index (Phi) is 6.47. The van der Waals surface area contributed by atoms with E-state index in [0.29, 0.717) is 0 Å². The number of thiocarbonyl (C=S) groups is 1. The van der Waals surface area contributed by atoms with Crippen LogP contribution in [-0.4, -0.2) is 19.8 Å². The van der Waals surface area contributed by atoms with E-state index in [4.69, 9.17) is 52.8 Å². The molecule has 0 saturated carbocycles. The summed E-state index contributed by atoms with van der Waals surface area (Å²) in [6.07, 6.45) is -3.83. The monoisotopic (exact) mass is 508 g/mol. The average molecular weight is 510 g/mol. The van der Waals surface area contributed by atoms with Gasteiger partial charge in [0.1, 0.15) is 6.20 Å². The number of rotatable bonds is 4. The van der Waals surface area contributed by atoms with E-state index in [0.717, 1.165) is 23.0 Å². The number of hydrogen-bond acceptors (Lipinski definition) is 4. The average Bonchev–Trinajstić information content (AvgIpc) is 2.64. The summed E-state index contributed by atoms with van der Waals surface area (Å²) >= 11 is 23.5. The summed E-state index contributed by atoms with van der Waals surface area (Å²) in [5.41, 5.74) is 3.51. The lowest BCUT2D eigenvalue weighted by atomic mass is 9.89. The maximum Gasteiger partial charge on any atom is 0.417 e. The zero-order chi connectivity index (χ0) is 23.1. The largest absolute Gasteiger partial charge is 0.417 e. The molecule has 31 heavy (non-hydrogen) atoms. The summed E-state index contributed by atoms with van der Waals surface area (Å²) in [5, 5.41) is 3.13. The number of aromatic amines is 1. The van der Waals surface area contributed by atoms with Crippen molar-refractivity contribution in [1.82, 2.24) is 14.8 Å². The Labute approximate surface area is 192 Å². The molecule has 3 aromatic rings. The van der Waals surface area contributed by atoms with E-state index in [-0.39, 0.29) is 31.8 Å². The molecule has 0 saturated heterocycles. The van der Waals surface area contributed by atoms with E-state index in [1.54, 1.807) is 0 Å². The van der Waals surface area contributed by atoms with Crippen LogP contribution in [0.1, 0.15) is 22.6 Å². The van der Waals surface area contributed by atoms with Crippen LogP contribution in [0, 0.1) is 0 Å². The molecule has 0 radical (unpaired) electrons. The van der Waals surface area contributed by atoms with E-state index in [9.17, 15) is 22.8 Å². The van der Waals surface area contributed by atoms with Crippen molar-refractivity contribution >= 4 is 52.0 Å². The fraction of sp³-hybridized carbons (Fsp3) is 0.111. The normalized spacial score (nSPS) is 12.6. The Bertz CT molecular complexity index is 1280. The second-order valence-electron chi connectivity index (χ2n) is 6.25. The van der Waals surface area contributed by atoms with Crippen LogP contribution in [0.15, 0.2) is 46.1 Å². The third kappa shape index (κ3) is 4.77. The van der Waals surface area contributed by atoms with Crippen LogP contribution in [0.25, 0.3) is 5.69 Å². The van der Waals surface area contributed by atoms with Gasteiger partial charge in [0.05, 0.1) is 27.2 Å². The zero-order valence-corrected chi connectivity index (χ0v) is 18.1. The number of nitrogens with zero attached hydrogens (tertiary/aromatic N) is 2. The van der Waals surface area contributed by atoms with Crippen LogP contribution >= 0.6 is 47.0 Å². The number of halogens is 6. The van der Waals surface area contributed by atoms with Crippen molar-refractivity contribution in [2.45, 2.75) is 12.1 Å². The number of nitrogens with one attached hydrogen (secondary N) is 1. The minimum absolute atomic E-state index is 0.0382. The first-order chi connectivity index (χ1) is 14.4. The van der Waals surface area contributed by atoms with Crippen LogP contribution in [0.3, 0.4) is 0 Å². The molecule has 0 bridgehead atoms. The van der Waals surface area contributed by atoms with Crippen LogP contribution in [0.2, 0.25) is 15.1 Å². The molecule has 6 nitrogen and oxygen atoms in total. The van der Waals surface area contributed by atoms with E-state index in [2.05, 4.69) is 5.10 Å². The fourth-order valence-electron chi connectivity index (χ4n) is 2.92. The smallest absolute Gasteiger partial charge is 0.393 e. The Morgan fingerprint density at radius 2 is 1.71 bits per heavy atom. The SMILES string of the molecule is NC(=S)C(c1ccc(Cl)c(C(F)(F)F)c1)c1c(Cl)cc(-n2ncc(=O)[nH]c2=O)cc1Cl. The van der Waals surface area contributed by atoms with E-state index >= 15 is 0 Å². The van der Waals surface area contributed by atoms with Gasteiger partial charge in [0.25, 0.3) is 5.56 Å². The van der Waals surface area contributed by atoms with E-state index < -0.39 is 33.9 Å². The van der Waals surface area contributed by atoms with Crippen molar-refractivity contribution in [3.63, 3.8) is 0 Å². The molecule has 0 fully saturated rings. The Morgan fingerprint density at radius 1 is 1.10 bits per heavy atom. The predicted octanol–water partition coefficient (Wildman–Crippen LogP) is 4.32. The molecule has 0 spiro atoms. The van der Waals surface area contributed by atoms with Gasteiger partial charge in [-0.05, 0) is 29.8 Å². The number of aromatic nitrogens is 3. The summed E-state index contributed by atoms with van der Waals surface area (Å²) in [6, 6.07) is 5.81. The number of benzene rings is 2. The highest BCUT2D eigenvalue weighted by molar-refractivity contribution is 7.80. The molecule has 2 aromatic carbocycles. The molecule has 1 aromatic heterocycles. The highest BCUT2D eigenvalue weighted by Gasteiger charge is 2.35. The molecule has 1 heterocycles. The van der Waals surface area contributed by atoms with Gasteiger partial charge in [-0.25, -0.2) is 4.79 Å². The van der Waals surface area contributed by atoms with Crippen LogP contribution in [0.4, 0.5) is 13.2 Å². The molecular weight excluding hydrogens is 500 g/mol. The van der Waals surface area contributed by atoms with Crippen molar-refractivity contribution in [3.05, 3.63) is 89.1 Å². The Hall–Kier alpha value is -2.40. The lowest BCUT2D eigenvalue weighted by molar-refractivity contribution is -0.137. The first-order valence-corrected chi connectivity index (χ1v) is 9.78. The first-order valence-electron chi connectivity index (χ1n) is 8.24. The molecule has 0 amide bonds. The number of alkyl halides is 3. The molecule has 0 aliphatic carbocycles. The number of nitrogens with two attached hydrogens (primary N) is 1. The van der Waals surface area contributed by atoms with Crippen molar-refractivity contribution < 1.29 is 13.2 Å². The molecule has 1 unspecified atom stereocenters. The predicted molar refractivity (Wildman–Crippen MR) is 116 cm³/mol. The summed E-state index contributed by atoms with van der Waals surface area (Å²) < 4.78 is 40.7. The van der Waals surface area contributed by atoms with Crippen molar-refractivity contribution in [3.8, 4) is 5.69 Å². The summed E-state index contributed by atoms with van der Waals surface area (Å²) in [6.45, 7) is 0. The van der Waals surface area contributed by atoms with Crippen molar-refractivity contribution in [1.29, 1.82) is 0 Å². The maximum absolute atomic E-state index is 13.3. The van der Waals surface area contributed by atoms with Gasteiger partial charge in [-0.3, -0.25) is 9.78 Å². The standard InChI is InChI=1S/C18H10Cl3F3N4O2S/c19-10-2-1-7(3-9(10)18(22,23)24)14(16(25)31)15-11(20)4-8(5-12(15)21)28-17(30)27-13(29)6-26-28/h1-6,14H,(H2,25,31)(H,27,29,30). The van der Waals surface area contributed by atoms with Crippen LogP contribution < -0.4 is 17.0 Å². The van der Waals surface area contributed by atoms with Crippen LogP contribution in [0.5, 0.6) is 0 Å². The highest BCUT2D eigenvalue weighted by Crippen LogP contribution is 2.41. The second-order valence-corrected chi connectivity index (χ2v) is 7.94. The summed E-state index contributed by atoms with van der Waals surface area (Å²) in [5.74, 6) is -1.08. The summed E-state index contributed by atoms with van der Waals surface area (Å²) in [4.78, 5) is 25.0. The molecule has 1 atom stereocenters. The zero-order valence-electron chi connectivity index (χ0n) is 15.0. The molecule has 0 aliphatic rings. The minimum atomic E-state index is -4.71. The van der Waals surface area contributed by atoms with Crippen LogP contribution in [-0.2, 0) is 6.18 Å². The molecule has 0 aliphatic heterocycles. The minimum Gasteiger partial charge on any atom is -0.393 e. The maximum atomic E-state index is 13.3. The van der Waals surface area contributed by atoms with E-state index in [1.165, 1.54) is 18.2 Å². The van der Waals surface area contributed by atoms with Crippen molar-refractivity contribution in [2.24, 2.45) is 5.73 Å². The van der Waals surface area contributed by atoms with Gasteiger partial charge >= 0.3 is 11.9 Å². The quantitative estimate of drug-likeness (QED) is 0.511. The lowest BCUT2D eigenvalue weighted by Crippen LogP contribution is -2.30. The molecule has 13 heteroatoms. The number of H-pyrrole nitrogens is 1. The Balaban J connectivity index is 2.19. The molecule has 3 rings (SSSR count). The van der Waals surface area contributed by atoms with Gasteiger partial charge in [0.2, 0.25) is 0 Å². The third-order valence-corrected chi connectivity index (χ3v) is 5.41. The Morgan fingerprint density at radius 3 is 2.23 bits per heavy atom. The van der Waals surface area contributed by atoms with Gasteiger partial charge < -0.3 is 5.73 Å². The second kappa shape index (κ2) is 8.62. The highest BCUT2D eigenvalue weighted by atomic mass is 35.5. The van der Waals surface area contributed by atoms with Gasteiger partial charge in [-0.1, -0.05) is 53.1 Å². The van der Waals surface area contributed by atoms with Crippen molar-refractivity contribution in [2.75, 3.05) is 0 Å². The van der Waals surface area contributed by atoms with Gasteiger partial charge in [0, 0.05) is 15.6 Å². The third-order valence-electron chi connectivity index (χ3n) is 4.22. The fourth-order valence-corrected chi connectivity index (χ4v) is 4.09. The number of hydrogen-bond donors (Lipinski definition) is 2. The summed E-state index contributed by atoms with van der Waals surface area (Å²) in [7, 11) is 0. The van der Waals surface area contributed by atoms with Gasteiger partial charge in [0.15, 0.2) is 0 Å². The van der Waals surface area contributed by atoms with E-state index in [1.807, 2.05) is 4.98 Å². The molecule has 3 N–H and O–H groups in total. The first kappa shape index (κ1) is 23.3. The van der Waals surface area contributed by atoms with Gasteiger partial charge in [-0.15, -0.1) is 0 Å². The van der Waals surface area contributed by atoms with Gasteiger partial charge in [-0.2, -0.15) is 23.0 Å². The molecule has 162 valence electrons.